The van der Waals surface area contributed by atoms with Crippen molar-refractivity contribution in [2.45, 2.75) is 19.2 Å². The molecule has 0 amide bonds. The summed E-state index contributed by atoms with van der Waals surface area (Å²) in [6.07, 6.45) is -4.38. The molecule has 2 aromatic rings. The maximum atomic E-state index is 12.4. The number of pyridine rings is 1. The third-order valence-corrected chi connectivity index (χ3v) is 2.96. The van der Waals surface area contributed by atoms with Gasteiger partial charge in [-0.05, 0) is 19.1 Å². The molecule has 0 aliphatic rings. The number of aliphatic hydroxyl groups is 1. The van der Waals surface area contributed by atoms with E-state index < -0.39 is 18.0 Å². The van der Waals surface area contributed by atoms with E-state index in [-0.39, 0.29) is 10.7 Å². The number of aryl methyl sites for hydroxylation is 1. The SMILES string of the molecule is Cc1occc1C(O)c1ccc(C(F)(F)F)nc1Cl. The molecule has 2 rings (SSSR count). The van der Waals surface area contributed by atoms with E-state index in [9.17, 15) is 18.3 Å². The molecule has 0 aliphatic heterocycles. The minimum absolute atomic E-state index is 0.0965. The summed E-state index contributed by atoms with van der Waals surface area (Å²) in [6, 6.07) is 3.41. The maximum absolute atomic E-state index is 12.4. The zero-order valence-corrected chi connectivity index (χ0v) is 10.5. The summed E-state index contributed by atoms with van der Waals surface area (Å²) >= 11 is 5.70. The molecular weight excluding hydrogens is 283 g/mol. The van der Waals surface area contributed by atoms with E-state index in [2.05, 4.69) is 4.98 Å². The molecule has 1 atom stereocenters. The van der Waals surface area contributed by atoms with Crippen molar-refractivity contribution in [1.29, 1.82) is 0 Å². The summed E-state index contributed by atoms with van der Waals surface area (Å²) in [6.45, 7) is 1.63. The predicted molar refractivity (Wildman–Crippen MR) is 61.8 cm³/mol. The Kier molecular flexibility index (Phi) is 3.56. The summed E-state index contributed by atoms with van der Waals surface area (Å²) in [5, 5.41) is 9.68. The number of halogens is 4. The highest BCUT2D eigenvalue weighted by Crippen LogP contribution is 2.33. The molecule has 0 spiro atoms. The van der Waals surface area contributed by atoms with Gasteiger partial charge in [0.15, 0.2) is 0 Å². The van der Waals surface area contributed by atoms with E-state index in [1.807, 2.05) is 0 Å². The molecular formula is C12H9ClF3NO2. The van der Waals surface area contributed by atoms with Crippen LogP contribution in [-0.4, -0.2) is 10.1 Å². The van der Waals surface area contributed by atoms with Crippen molar-refractivity contribution in [2.24, 2.45) is 0 Å². The van der Waals surface area contributed by atoms with E-state index in [0.29, 0.717) is 11.3 Å². The van der Waals surface area contributed by atoms with Crippen LogP contribution in [0, 0.1) is 6.92 Å². The number of nitrogens with zero attached hydrogens (tertiary/aromatic N) is 1. The molecule has 0 bridgehead atoms. The number of aliphatic hydroxyl groups excluding tert-OH is 1. The number of hydrogen-bond acceptors (Lipinski definition) is 3. The Balaban J connectivity index is 2.39. The van der Waals surface area contributed by atoms with Crippen LogP contribution in [0.5, 0.6) is 0 Å². The molecule has 0 radical (unpaired) electrons. The van der Waals surface area contributed by atoms with Gasteiger partial charge in [-0.1, -0.05) is 17.7 Å². The highest BCUT2D eigenvalue weighted by Gasteiger charge is 2.33. The Labute approximate surface area is 111 Å². The quantitative estimate of drug-likeness (QED) is 0.858. The lowest BCUT2D eigenvalue weighted by molar-refractivity contribution is -0.141. The highest BCUT2D eigenvalue weighted by atomic mass is 35.5. The van der Waals surface area contributed by atoms with Gasteiger partial charge in [-0.25, -0.2) is 4.98 Å². The second-order valence-electron chi connectivity index (χ2n) is 3.91. The van der Waals surface area contributed by atoms with Gasteiger partial charge in [0.05, 0.1) is 6.26 Å². The van der Waals surface area contributed by atoms with Gasteiger partial charge in [-0.15, -0.1) is 0 Å². The van der Waals surface area contributed by atoms with Crippen LogP contribution in [0.2, 0.25) is 5.15 Å². The summed E-state index contributed by atoms with van der Waals surface area (Å²) in [4.78, 5) is 3.25. The molecule has 0 aromatic carbocycles. The zero-order valence-electron chi connectivity index (χ0n) is 9.70. The highest BCUT2D eigenvalue weighted by molar-refractivity contribution is 6.30. The van der Waals surface area contributed by atoms with Gasteiger partial charge >= 0.3 is 6.18 Å². The van der Waals surface area contributed by atoms with Gasteiger partial charge < -0.3 is 9.52 Å². The van der Waals surface area contributed by atoms with Gasteiger partial charge in [0.2, 0.25) is 0 Å². The number of alkyl halides is 3. The monoisotopic (exact) mass is 291 g/mol. The third-order valence-electron chi connectivity index (χ3n) is 2.66. The first-order valence-corrected chi connectivity index (χ1v) is 5.64. The number of furan rings is 1. The molecule has 2 aromatic heterocycles. The third kappa shape index (κ3) is 2.74. The molecule has 3 nitrogen and oxygen atoms in total. The molecule has 102 valence electrons. The molecule has 0 saturated heterocycles. The van der Waals surface area contributed by atoms with E-state index in [0.717, 1.165) is 12.1 Å². The standard InChI is InChI=1S/C12H9ClF3NO2/c1-6-7(4-5-19-6)10(18)8-2-3-9(12(14,15)16)17-11(8)13/h2-5,10,18H,1H3. The van der Waals surface area contributed by atoms with Gasteiger partial charge in [0.25, 0.3) is 0 Å². The van der Waals surface area contributed by atoms with Crippen molar-refractivity contribution in [3.63, 3.8) is 0 Å². The van der Waals surface area contributed by atoms with Crippen LogP contribution in [0.4, 0.5) is 13.2 Å². The predicted octanol–water partition coefficient (Wildman–Crippen LogP) is 3.74. The number of rotatable bonds is 2. The molecule has 2 heterocycles. The van der Waals surface area contributed by atoms with Crippen molar-refractivity contribution < 1.29 is 22.7 Å². The van der Waals surface area contributed by atoms with Crippen LogP contribution in [0.3, 0.4) is 0 Å². The van der Waals surface area contributed by atoms with E-state index in [1.54, 1.807) is 6.92 Å². The number of hydrogen-bond donors (Lipinski definition) is 1. The lowest BCUT2D eigenvalue weighted by Gasteiger charge is -2.13. The molecule has 0 fully saturated rings. The summed E-state index contributed by atoms with van der Waals surface area (Å²) in [7, 11) is 0. The molecule has 7 heteroatoms. The molecule has 1 N–H and O–H groups in total. The normalized spacial score (nSPS) is 13.6. The first-order chi connectivity index (χ1) is 8.80. The smallest absolute Gasteiger partial charge is 0.433 e. The Morgan fingerprint density at radius 1 is 1.26 bits per heavy atom. The summed E-state index contributed by atoms with van der Waals surface area (Å²) < 4.78 is 42.3. The average molecular weight is 292 g/mol. The Hall–Kier alpha value is -1.53. The van der Waals surface area contributed by atoms with E-state index in [1.165, 1.54) is 12.3 Å². The van der Waals surface area contributed by atoms with Gasteiger partial charge in [0, 0.05) is 11.1 Å². The lowest BCUT2D eigenvalue weighted by atomic mass is 10.0. The fraction of sp³-hybridized carbons (Fsp3) is 0.250. The first-order valence-electron chi connectivity index (χ1n) is 5.26. The summed E-state index contributed by atoms with van der Waals surface area (Å²) in [5.41, 5.74) is -0.569. The van der Waals surface area contributed by atoms with Crippen LogP contribution in [0.25, 0.3) is 0 Å². The zero-order chi connectivity index (χ0) is 14.2. The van der Waals surface area contributed by atoms with Crippen LogP contribution in [-0.2, 0) is 6.18 Å². The average Bonchev–Trinajstić information content (AvgIpc) is 2.73. The Morgan fingerprint density at radius 2 is 1.95 bits per heavy atom. The van der Waals surface area contributed by atoms with Crippen LogP contribution in [0.1, 0.15) is 28.7 Å². The van der Waals surface area contributed by atoms with Gasteiger partial charge in [-0.3, -0.25) is 0 Å². The summed E-state index contributed by atoms with van der Waals surface area (Å²) in [5.74, 6) is 0.462. The minimum Gasteiger partial charge on any atom is -0.469 e. The van der Waals surface area contributed by atoms with Crippen LogP contribution >= 0.6 is 11.6 Å². The first kappa shape index (κ1) is 13.9. The molecule has 1 unspecified atom stereocenters. The Bertz CT molecular complexity index is 595. The van der Waals surface area contributed by atoms with Crippen molar-refractivity contribution in [2.75, 3.05) is 0 Å². The van der Waals surface area contributed by atoms with Gasteiger partial charge in [-0.2, -0.15) is 13.2 Å². The lowest BCUT2D eigenvalue weighted by Crippen LogP contribution is -2.10. The molecule has 0 saturated carbocycles. The molecule has 19 heavy (non-hydrogen) atoms. The van der Waals surface area contributed by atoms with Gasteiger partial charge in [0.1, 0.15) is 22.7 Å². The minimum atomic E-state index is -4.57. The van der Waals surface area contributed by atoms with Crippen LogP contribution in [0.15, 0.2) is 28.9 Å². The van der Waals surface area contributed by atoms with Crippen molar-refractivity contribution in [1.82, 2.24) is 4.98 Å². The van der Waals surface area contributed by atoms with E-state index in [4.69, 9.17) is 16.0 Å². The molecule has 0 aliphatic carbocycles. The second kappa shape index (κ2) is 4.86. The maximum Gasteiger partial charge on any atom is 0.433 e. The fourth-order valence-corrected chi connectivity index (χ4v) is 1.91. The Morgan fingerprint density at radius 3 is 2.42 bits per heavy atom. The largest absolute Gasteiger partial charge is 0.469 e. The second-order valence-corrected chi connectivity index (χ2v) is 4.27. The number of aromatic nitrogens is 1. The fourth-order valence-electron chi connectivity index (χ4n) is 1.65. The van der Waals surface area contributed by atoms with E-state index >= 15 is 0 Å². The topological polar surface area (TPSA) is 46.3 Å². The van der Waals surface area contributed by atoms with Crippen LogP contribution < -0.4 is 0 Å². The van der Waals surface area contributed by atoms with Crippen molar-refractivity contribution in [3.05, 3.63) is 52.2 Å². The van der Waals surface area contributed by atoms with Crippen molar-refractivity contribution in [3.8, 4) is 0 Å². The van der Waals surface area contributed by atoms with Crippen molar-refractivity contribution >= 4 is 11.6 Å².